The number of hydrogen-bond acceptors (Lipinski definition) is 5. The van der Waals surface area contributed by atoms with Crippen LogP contribution in [0.15, 0.2) is 60.2 Å². The van der Waals surface area contributed by atoms with Crippen LogP contribution in [0.4, 0.5) is 0 Å². The quantitative estimate of drug-likeness (QED) is 0.327. The van der Waals surface area contributed by atoms with Gasteiger partial charge in [-0.05, 0) is 64.9 Å². The summed E-state index contributed by atoms with van der Waals surface area (Å²) in [6.07, 6.45) is 1.80. The van der Waals surface area contributed by atoms with Crippen LogP contribution >= 0.6 is 34.2 Å². The molecule has 3 unspecified atom stereocenters. The minimum absolute atomic E-state index is 0.0964. The fourth-order valence-corrected chi connectivity index (χ4v) is 4.76. The lowest BCUT2D eigenvalue weighted by molar-refractivity contribution is -0.139. The van der Waals surface area contributed by atoms with Gasteiger partial charge < -0.3 is 25.2 Å². The maximum absolute atomic E-state index is 13.4. The van der Waals surface area contributed by atoms with Crippen LogP contribution in [0.5, 0.6) is 5.75 Å². The topological polar surface area (TPSA) is 99.1 Å². The molecule has 0 radical (unpaired) electrons. The Hall–Kier alpha value is -2.14. The van der Waals surface area contributed by atoms with Gasteiger partial charge in [-0.1, -0.05) is 49.2 Å². The van der Waals surface area contributed by atoms with Gasteiger partial charge in [-0.2, -0.15) is 0 Å². The predicted octanol–water partition coefficient (Wildman–Crippen LogP) is 4.08. The fraction of sp³-hybridized carbons (Fsp3) is 0.407. The van der Waals surface area contributed by atoms with E-state index in [4.69, 9.17) is 21.4 Å². The molecule has 0 heterocycles. The number of ether oxygens (including phenoxy) is 1. The van der Waals surface area contributed by atoms with Gasteiger partial charge in [-0.15, -0.1) is 0 Å². The van der Waals surface area contributed by atoms with Crippen molar-refractivity contribution in [2.75, 3.05) is 13.2 Å². The van der Waals surface area contributed by atoms with Crippen molar-refractivity contribution in [1.29, 1.82) is 0 Å². The number of carbonyl (C=O) groups is 2. The van der Waals surface area contributed by atoms with Crippen molar-refractivity contribution in [3.8, 4) is 5.75 Å². The SMILES string of the molecule is CCCCC(=O)N(Cc1ccc(Cl)cc1)C1CC(C(=O)NCCO)=CC(Oc2ccccc2I)C1O. The summed E-state index contributed by atoms with van der Waals surface area (Å²) in [4.78, 5) is 27.9. The summed E-state index contributed by atoms with van der Waals surface area (Å²) in [5.41, 5.74) is 1.27. The van der Waals surface area contributed by atoms with Crippen LogP contribution < -0.4 is 10.1 Å². The minimum Gasteiger partial charge on any atom is -0.482 e. The molecule has 2 aromatic carbocycles. The highest BCUT2D eigenvalue weighted by atomic mass is 127. The molecule has 0 spiro atoms. The zero-order valence-electron chi connectivity index (χ0n) is 20.2. The van der Waals surface area contributed by atoms with E-state index in [0.717, 1.165) is 22.0 Å². The van der Waals surface area contributed by atoms with Crippen LogP contribution in [0.25, 0.3) is 0 Å². The smallest absolute Gasteiger partial charge is 0.247 e. The van der Waals surface area contributed by atoms with E-state index in [2.05, 4.69) is 27.9 Å². The highest BCUT2D eigenvalue weighted by molar-refractivity contribution is 14.1. The number of para-hydroxylation sites is 1. The molecule has 0 aromatic heterocycles. The molecule has 3 atom stereocenters. The number of benzene rings is 2. The van der Waals surface area contributed by atoms with Gasteiger partial charge in [0.2, 0.25) is 11.8 Å². The van der Waals surface area contributed by atoms with Crippen LogP contribution in [-0.4, -0.2) is 58.3 Å². The Morgan fingerprint density at radius 1 is 1.19 bits per heavy atom. The molecule has 0 aliphatic heterocycles. The third kappa shape index (κ3) is 7.68. The second-order valence-electron chi connectivity index (χ2n) is 8.70. The molecule has 3 rings (SSSR count). The molecule has 2 amide bonds. The van der Waals surface area contributed by atoms with Crippen LogP contribution in [0.1, 0.15) is 38.2 Å². The first kappa shape index (κ1) is 28.4. The molecule has 0 fully saturated rings. The molecule has 36 heavy (non-hydrogen) atoms. The molecule has 3 N–H and O–H groups in total. The minimum atomic E-state index is -1.06. The second kappa shape index (κ2) is 14.0. The molecule has 1 aliphatic rings. The predicted molar refractivity (Wildman–Crippen MR) is 148 cm³/mol. The van der Waals surface area contributed by atoms with E-state index in [1.54, 1.807) is 29.2 Å². The van der Waals surface area contributed by atoms with Crippen molar-refractivity contribution < 1.29 is 24.5 Å². The van der Waals surface area contributed by atoms with E-state index in [1.807, 2.05) is 37.3 Å². The summed E-state index contributed by atoms with van der Waals surface area (Å²) in [5, 5.41) is 23.9. The van der Waals surface area contributed by atoms with E-state index in [9.17, 15) is 14.7 Å². The number of aliphatic hydroxyl groups is 2. The molecule has 194 valence electrons. The van der Waals surface area contributed by atoms with E-state index >= 15 is 0 Å². The van der Waals surface area contributed by atoms with Gasteiger partial charge in [0.05, 0.1) is 16.2 Å². The molecule has 0 saturated heterocycles. The third-order valence-corrected chi connectivity index (χ3v) is 7.19. The lowest BCUT2D eigenvalue weighted by atomic mass is 9.87. The Balaban J connectivity index is 1.96. The summed E-state index contributed by atoms with van der Waals surface area (Å²) in [7, 11) is 0. The average Bonchev–Trinajstić information content (AvgIpc) is 2.88. The summed E-state index contributed by atoms with van der Waals surface area (Å²) in [5.74, 6) is 0.126. The molecular formula is C27H32ClIN2O5. The van der Waals surface area contributed by atoms with Crippen molar-refractivity contribution in [3.05, 3.63) is 74.3 Å². The number of unbranched alkanes of at least 4 members (excludes halogenated alkanes) is 1. The van der Waals surface area contributed by atoms with Gasteiger partial charge in [-0.25, -0.2) is 0 Å². The number of halogens is 2. The Bertz CT molecular complexity index is 1060. The largest absolute Gasteiger partial charge is 0.482 e. The molecule has 0 saturated carbocycles. The van der Waals surface area contributed by atoms with Gasteiger partial charge in [0, 0.05) is 36.5 Å². The maximum Gasteiger partial charge on any atom is 0.247 e. The van der Waals surface area contributed by atoms with Crippen molar-refractivity contribution in [1.82, 2.24) is 10.2 Å². The number of nitrogens with zero attached hydrogens (tertiary/aromatic N) is 1. The number of nitrogens with one attached hydrogen (secondary N) is 1. The molecule has 9 heteroatoms. The summed E-state index contributed by atoms with van der Waals surface area (Å²) < 4.78 is 7.03. The first-order valence-electron chi connectivity index (χ1n) is 12.1. The molecular weight excluding hydrogens is 595 g/mol. The number of rotatable bonds is 11. The van der Waals surface area contributed by atoms with E-state index in [-0.39, 0.29) is 37.9 Å². The first-order chi connectivity index (χ1) is 17.3. The summed E-state index contributed by atoms with van der Waals surface area (Å²) >= 11 is 8.20. The van der Waals surface area contributed by atoms with Crippen LogP contribution in [0.2, 0.25) is 5.02 Å². The average molecular weight is 627 g/mol. The second-order valence-corrected chi connectivity index (χ2v) is 10.3. The van der Waals surface area contributed by atoms with E-state index in [0.29, 0.717) is 22.8 Å². The number of amides is 2. The number of carbonyl (C=O) groups excluding carboxylic acids is 2. The number of aliphatic hydroxyl groups excluding tert-OH is 2. The summed E-state index contributed by atoms with van der Waals surface area (Å²) in [6.45, 7) is 2.20. The van der Waals surface area contributed by atoms with Gasteiger partial charge >= 0.3 is 0 Å². The zero-order chi connectivity index (χ0) is 26.1. The lowest BCUT2D eigenvalue weighted by Gasteiger charge is -2.40. The van der Waals surface area contributed by atoms with Crippen LogP contribution in [-0.2, 0) is 16.1 Å². The van der Waals surface area contributed by atoms with Crippen molar-refractivity contribution >= 4 is 46.0 Å². The Morgan fingerprint density at radius 2 is 1.92 bits per heavy atom. The zero-order valence-corrected chi connectivity index (χ0v) is 23.1. The Labute approximate surface area is 230 Å². The van der Waals surface area contributed by atoms with Crippen LogP contribution in [0.3, 0.4) is 0 Å². The van der Waals surface area contributed by atoms with E-state index < -0.39 is 18.2 Å². The molecule has 7 nitrogen and oxygen atoms in total. The molecule has 0 bridgehead atoms. The monoisotopic (exact) mass is 626 g/mol. The van der Waals surface area contributed by atoms with Gasteiger partial charge in [0.1, 0.15) is 18.0 Å². The summed E-state index contributed by atoms with van der Waals surface area (Å²) in [6, 6.07) is 14.0. The maximum atomic E-state index is 13.4. The third-order valence-electron chi connectivity index (χ3n) is 6.05. The van der Waals surface area contributed by atoms with E-state index in [1.165, 1.54) is 0 Å². The Kier molecular flexibility index (Phi) is 11.0. The van der Waals surface area contributed by atoms with Gasteiger partial charge in [-0.3, -0.25) is 9.59 Å². The lowest BCUT2D eigenvalue weighted by Crippen LogP contribution is -2.54. The highest BCUT2D eigenvalue weighted by Gasteiger charge is 2.40. The fourth-order valence-electron chi connectivity index (χ4n) is 4.11. The standard InChI is InChI=1S/C27H32ClIN2O5/c1-2-3-8-25(33)31(17-18-9-11-20(28)12-10-18)22-15-19(27(35)30-13-14-32)16-24(26(22)34)36-23-7-5-4-6-21(23)29/h4-7,9-12,16,22,24,26,32,34H,2-3,8,13-15,17H2,1H3,(H,30,35). The normalized spacial score (nSPS) is 19.4. The Morgan fingerprint density at radius 3 is 2.58 bits per heavy atom. The van der Waals surface area contributed by atoms with Crippen LogP contribution in [0, 0.1) is 3.57 Å². The van der Waals surface area contributed by atoms with Crippen molar-refractivity contribution in [2.45, 2.75) is 57.4 Å². The van der Waals surface area contributed by atoms with Crippen molar-refractivity contribution in [3.63, 3.8) is 0 Å². The van der Waals surface area contributed by atoms with Crippen molar-refractivity contribution in [2.24, 2.45) is 0 Å². The van der Waals surface area contributed by atoms with Gasteiger partial charge in [0.25, 0.3) is 0 Å². The molecule has 2 aromatic rings. The molecule has 1 aliphatic carbocycles. The number of hydrogen-bond donors (Lipinski definition) is 3. The first-order valence-corrected chi connectivity index (χ1v) is 13.5. The highest BCUT2D eigenvalue weighted by Crippen LogP contribution is 2.31. The van der Waals surface area contributed by atoms with Gasteiger partial charge in [0.15, 0.2) is 0 Å².